The number of hydrogen-bond donors (Lipinski definition) is 1. The van der Waals surface area contributed by atoms with Crippen LogP contribution in [0.5, 0.6) is 0 Å². The van der Waals surface area contributed by atoms with Crippen LogP contribution >= 0.6 is 11.3 Å². The lowest BCUT2D eigenvalue weighted by molar-refractivity contribution is 0.0730. The van der Waals surface area contributed by atoms with Gasteiger partial charge in [0.15, 0.2) is 0 Å². The number of thiophene rings is 1. The minimum absolute atomic E-state index is 0.0560. The summed E-state index contributed by atoms with van der Waals surface area (Å²) in [5.41, 5.74) is 1.59. The maximum Gasteiger partial charge on any atom is 0.267 e. The molecule has 2 aromatic rings. The van der Waals surface area contributed by atoms with Gasteiger partial charge in [0.05, 0.1) is 13.2 Å². The van der Waals surface area contributed by atoms with E-state index >= 15 is 0 Å². The molecule has 0 aliphatic carbocycles. The molecule has 8 heteroatoms. The molecule has 0 bridgehead atoms. The number of nitrogens with zero attached hydrogens (tertiary/aromatic N) is 1. The first kappa shape index (κ1) is 17.1. The van der Waals surface area contributed by atoms with Crippen LogP contribution in [0.3, 0.4) is 0 Å². The second kappa shape index (κ2) is 7.02. The van der Waals surface area contributed by atoms with Crippen LogP contribution in [0.4, 0.5) is 5.69 Å². The van der Waals surface area contributed by atoms with E-state index in [0.717, 1.165) is 16.9 Å². The van der Waals surface area contributed by atoms with E-state index < -0.39 is 15.9 Å². The molecule has 3 rings (SSSR count). The molecule has 0 radical (unpaired) electrons. The van der Waals surface area contributed by atoms with Crippen molar-refractivity contribution in [3.05, 3.63) is 46.2 Å². The van der Waals surface area contributed by atoms with Gasteiger partial charge in [-0.3, -0.25) is 4.79 Å². The zero-order valence-corrected chi connectivity index (χ0v) is 14.8. The highest BCUT2D eigenvalue weighted by Crippen LogP contribution is 2.27. The lowest BCUT2D eigenvalue weighted by atomic mass is 10.2. The Morgan fingerprint density at radius 2 is 1.92 bits per heavy atom. The summed E-state index contributed by atoms with van der Waals surface area (Å²) in [5.74, 6) is -0.411. The zero-order valence-electron chi connectivity index (χ0n) is 13.2. The maximum absolute atomic E-state index is 12.8. The van der Waals surface area contributed by atoms with E-state index in [1.54, 1.807) is 11.4 Å². The molecule has 1 aliphatic rings. The van der Waals surface area contributed by atoms with Crippen LogP contribution in [0.1, 0.15) is 15.2 Å². The van der Waals surface area contributed by atoms with Crippen molar-refractivity contribution in [1.29, 1.82) is 0 Å². The zero-order chi connectivity index (χ0) is 17.2. The van der Waals surface area contributed by atoms with Gasteiger partial charge >= 0.3 is 0 Å². The predicted octanol–water partition coefficient (Wildman–Crippen LogP) is 2.33. The SMILES string of the molecule is Cc1ccccc1NC(=O)c1sccc1S(=O)(=O)N1CCOCC1. The van der Waals surface area contributed by atoms with Crippen LogP contribution in [-0.2, 0) is 14.8 Å². The van der Waals surface area contributed by atoms with Crippen LogP contribution in [0.25, 0.3) is 0 Å². The summed E-state index contributed by atoms with van der Waals surface area (Å²) in [7, 11) is -3.69. The molecule has 1 N–H and O–H groups in total. The third-order valence-electron chi connectivity index (χ3n) is 3.82. The number of sulfonamides is 1. The van der Waals surface area contributed by atoms with Crippen LogP contribution in [0.2, 0.25) is 0 Å². The summed E-state index contributed by atoms with van der Waals surface area (Å²) in [4.78, 5) is 12.8. The first-order chi connectivity index (χ1) is 11.5. The van der Waals surface area contributed by atoms with Crippen molar-refractivity contribution < 1.29 is 17.9 Å². The number of amides is 1. The van der Waals surface area contributed by atoms with Crippen molar-refractivity contribution in [2.45, 2.75) is 11.8 Å². The second-order valence-electron chi connectivity index (χ2n) is 5.40. The highest BCUT2D eigenvalue weighted by Gasteiger charge is 2.31. The van der Waals surface area contributed by atoms with Crippen LogP contribution < -0.4 is 5.32 Å². The molecule has 24 heavy (non-hydrogen) atoms. The Labute approximate surface area is 145 Å². The lowest BCUT2D eigenvalue weighted by Crippen LogP contribution is -2.41. The van der Waals surface area contributed by atoms with Gasteiger partial charge in [0.2, 0.25) is 10.0 Å². The van der Waals surface area contributed by atoms with Gasteiger partial charge in [-0.2, -0.15) is 4.31 Å². The van der Waals surface area contributed by atoms with E-state index in [1.807, 2.05) is 25.1 Å². The number of benzene rings is 1. The van der Waals surface area contributed by atoms with E-state index in [9.17, 15) is 13.2 Å². The van der Waals surface area contributed by atoms with Gasteiger partial charge in [0.25, 0.3) is 5.91 Å². The number of rotatable bonds is 4. The first-order valence-electron chi connectivity index (χ1n) is 7.52. The largest absolute Gasteiger partial charge is 0.379 e. The fourth-order valence-corrected chi connectivity index (χ4v) is 5.19. The Hall–Kier alpha value is -1.74. The standard InChI is InChI=1S/C16H18N2O4S2/c1-12-4-2-3-5-13(12)17-16(19)15-14(6-11-23-15)24(20,21)18-7-9-22-10-8-18/h2-6,11H,7-10H2,1H3,(H,17,19). The third kappa shape index (κ3) is 3.36. The van der Waals surface area contributed by atoms with Gasteiger partial charge in [0, 0.05) is 18.8 Å². The van der Waals surface area contributed by atoms with Gasteiger partial charge < -0.3 is 10.1 Å². The predicted molar refractivity (Wildman–Crippen MR) is 93.0 cm³/mol. The first-order valence-corrected chi connectivity index (χ1v) is 9.84. The van der Waals surface area contributed by atoms with E-state index in [4.69, 9.17) is 4.74 Å². The number of morpholine rings is 1. The van der Waals surface area contributed by atoms with Gasteiger partial charge in [-0.05, 0) is 30.0 Å². The molecule has 1 saturated heterocycles. The molecule has 128 valence electrons. The Kier molecular flexibility index (Phi) is 5.00. The summed E-state index contributed by atoms with van der Waals surface area (Å²) in [6, 6.07) is 8.86. The molecule has 1 fully saturated rings. The summed E-state index contributed by atoms with van der Waals surface area (Å²) >= 11 is 1.12. The van der Waals surface area contributed by atoms with Crippen molar-refractivity contribution in [3.63, 3.8) is 0 Å². The molecule has 1 aromatic carbocycles. The second-order valence-corrected chi connectivity index (χ2v) is 8.22. The number of para-hydroxylation sites is 1. The molecule has 0 atom stereocenters. The van der Waals surface area contributed by atoms with Gasteiger partial charge in [-0.25, -0.2) is 8.42 Å². The highest BCUT2D eigenvalue weighted by molar-refractivity contribution is 7.89. The van der Waals surface area contributed by atoms with Gasteiger partial charge in [0.1, 0.15) is 9.77 Å². The topological polar surface area (TPSA) is 75.7 Å². The monoisotopic (exact) mass is 366 g/mol. The smallest absolute Gasteiger partial charge is 0.267 e. The Morgan fingerprint density at radius 3 is 2.62 bits per heavy atom. The number of carbonyl (C=O) groups excluding carboxylic acids is 1. The molecule has 0 spiro atoms. The fraction of sp³-hybridized carbons (Fsp3) is 0.312. The molecular formula is C16H18N2O4S2. The number of anilines is 1. The minimum atomic E-state index is -3.69. The number of ether oxygens (including phenoxy) is 1. The van der Waals surface area contributed by atoms with Crippen LogP contribution in [0.15, 0.2) is 40.6 Å². The summed E-state index contributed by atoms with van der Waals surface area (Å²) < 4.78 is 32.1. The molecule has 0 saturated carbocycles. The van der Waals surface area contributed by atoms with Crippen molar-refractivity contribution in [2.75, 3.05) is 31.6 Å². The minimum Gasteiger partial charge on any atom is -0.379 e. The Balaban J connectivity index is 1.87. The average molecular weight is 366 g/mol. The Morgan fingerprint density at radius 1 is 1.21 bits per heavy atom. The Bertz CT molecular complexity index is 839. The lowest BCUT2D eigenvalue weighted by Gasteiger charge is -2.26. The summed E-state index contributed by atoms with van der Waals surface area (Å²) in [6.07, 6.45) is 0. The molecule has 2 heterocycles. The molecule has 1 amide bonds. The van der Waals surface area contributed by atoms with Gasteiger partial charge in [-0.15, -0.1) is 11.3 Å². The van der Waals surface area contributed by atoms with Crippen molar-refractivity contribution in [1.82, 2.24) is 4.31 Å². The molecule has 1 aliphatic heterocycles. The molecule has 0 unspecified atom stereocenters. The molecule has 1 aromatic heterocycles. The summed E-state index contributed by atoms with van der Waals surface area (Å²) in [5, 5.41) is 4.42. The summed E-state index contributed by atoms with van der Waals surface area (Å²) in [6.45, 7) is 3.23. The molecular weight excluding hydrogens is 348 g/mol. The number of nitrogens with one attached hydrogen (secondary N) is 1. The van der Waals surface area contributed by atoms with Crippen LogP contribution in [0, 0.1) is 6.92 Å². The normalized spacial score (nSPS) is 16.0. The van der Waals surface area contributed by atoms with Crippen molar-refractivity contribution >= 4 is 33.0 Å². The van der Waals surface area contributed by atoms with E-state index in [2.05, 4.69) is 5.32 Å². The van der Waals surface area contributed by atoms with Crippen LogP contribution in [-0.4, -0.2) is 44.9 Å². The third-order valence-corrected chi connectivity index (χ3v) is 6.80. The number of carbonyl (C=O) groups is 1. The number of hydrogen-bond acceptors (Lipinski definition) is 5. The van der Waals surface area contributed by atoms with E-state index in [1.165, 1.54) is 10.4 Å². The van der Waals surface area contributed by atoms with E-state index in [-0.39, 0.29) is 9.77 Å². The van der Waals surface area contributed by atoms with E-state index in [0.29, 0.717) is 32.0 Å². The highest BCUT2D eigenvalue weighted by atomic mass is 32.2. The van der Waals surface area contributed by atoms with Crippen molar-refractivity contribution in [3.8, 4) is 0 Å². The number of aryl methyl sites for hydroxylation is 1. The fourth-order valence-electron chi connectivity index (χ4n) is 2.48. The average Bonchev–Trinajstić information content (AvgIpc) is 3.08. The maximum atomic E-state index is 12.8. The molecule has 6 nitrogen and oxygen atoms in total. The van der Waals surface area contributed by atoms with Gasteiger partial charge in [-0.1, -0.05) is 18.2 Å². The van der Waals surface area contributed by atoms with Crippen molar-refractivity contribution in [2.24, 2.45) is 0 Å². The quantitative estimate of drug-likeness (QED) is 0.901.